The van der Waals surface area contributed by atoms with Crippen molar-refractivity contribution in [1.29, 1.82) is 0 Å². The van der Waals surface area contributed by atoms with E-state index in [1.165, 1.54) is 199 Å². The fourth-order valence-corrected chi connectivity index (χ4v) is 22.5. The van der Waals surface area contributed by atoms with Crippen LogP contribution >= 0.6 is 0 Å². The molecule has 134 heavy (non-hydrogen) atoms. The number of hydrogen-bond donors (Lipinski definition) is 0. The van der Waals surface area contributed by atoms with Crippen LogP contribution in [0.15, 0.2) is 425 Å². The third-order valence-corrected chi connectivity index (χ3v) is 28.6. The van der Waals surface area contributed by atoms with Crippen molar-refractivity contribution in [2.24, 2.45) is 0 Å². The molecule has 0 radical (unpaired) electrons. The number of rotatable bonds is 14. The van der Waals surface area contributed by atoms with Crippen molar-refractivity contribution in [2.75, 3.05) is 0 Å². The number of fused-ring (bicyclic) bond motifs is 9. The Morgan fingerprint density at radius 3 is 0.388 bits per heavy atom. The Kier molecular flexibility index (Phi) is 20.0. The van der Waals surface area contributed by atoms with E-state index in [0.717, 1.165) is 66.8 Å². The van der Waals surface area contributed by atoms with Crippen molar-refractivity contribution < 1.29 is 0 Å². The molecule has 0 aromatic heterocycles. The highest BCUT2D eigenvalue weighted by Gasteiger charge is 2.43. The minimum Gasteiger partial charge on any atom is -0.0622 e. The zero-order valence-electron chi connectivity index (χ0n) is 78.4. The summed E-state index contributed by atoms with van der Waals surface area (Å²) in [7, 11) is 0. The lowest BCUT2D eigenvalue weighted by Crippen LogP contribution is -2.17. The first-order valence-corrected chi connectivity index (χ1v) is 47.7. The lowest BCUT2D eigenvalue weighted by molar-refractivity contribution is 0.568. The Morgan fingerprint density at radius 2 is 0.231 bits per heavy atom. The maximum Gasteiger partial charge on any atom is -0.0000925 e. The molecule has 0 nitrogen and oxygen atoms in total. The number of benzene rings is 21. The van der Waals surface area contributed by atoms with E-state index < -0.39 is 0 Å². The Bertz CT molecular complexity index is 7670. The average Bonchev–Trinajstić information content (AvgIpc) is 1.37. The molecule has 23 rings (SSSR count). The minimum absolute atomic E-state index is 0.250. The van der Waals surface area contributed by atoms with E-state index in [1.807, 2.05) is 0 Å². The zero-order valence-corrected chi connectivity index (χ0v) is 78.4. The second kappa shape index (κ2) is 32.3. The summed E-state index contributed by atoms with van der Waals surface area (Å²) in [4.78, 5) is 0. The van der Waals surface area contributed by atoms with Crippen LogP contribution in [-0.4, -0.2) is 0 Å². The molecule has 0 saturated heterocycles. The van der Waals surface area contributed by atoms with Gasteiger partial charge in [-0.15, -0.1) is 0 Å². The second-order valence-electron chi connectivity index (χ2n) is 41.1. The van der Waals surface area contributed by atoms with Gasteiger partial charge < -0.3 is 0 Å². The molecular weight excluding hydrogens is 1610 g/mol. The molecule has 2 aliphatic carbocycles. The van der Waals surface area contributed by atoms with Crippen LogP contribution in [0.5, 0.6) is 0 Å². The van der Waals surface area contributed by atoms with E-state index >= 15 is 0 Å². The van der Waals surface area contributed by atoms with E-state index in [-0.39, 0.29) is 21.7 Å². The molecule has 0 atom stereocenters. The van der Waals surface area contributed by atoms with Gasteiger partial charge in [-0.2, -0.15) is 0 Å². The Hall–Kier alpha value is -15.3. The SMILES string of the molecule is CC(C)(C)c1cc(-c2c3c(c(-c4cc(C(C)(C)C)cc(C(C)(C)C)c4)c4c(-c5ccccc5)c(-c5ccccc5)c(-c5ccccc5)c(-c5ccccc5)c24)-c2ccc4c5c(ccc-3c25)-c2c-4c(-c3ccccc3)c3c(-c4ccccc4)c4c(-c5ccccc5)c(-c5ccccc5)c(-c5ccccc5)c(-c5ccccc5)c4c(-c4ccccc4)c3c2-c2ccccc2)cc(C(C)(C)C)c1. The Morgan fingerprint density at radius 1 is 0.104 bits per heavy atom. The lowest BCUT2D eigenvalue weighted by atomic mass is 9.71. The first-order valence-electron chi connectivity index (χ1n) is 47.7. The van der Waals surface area contributed by atoms with Crippen molar-refractivity contribution in [1.82, 2.24) is 0 Å². The number of hydrogen-bond acceptors (Lipinski definition) is 0. The smallest absolute Gasteiger partial charge is 0.0000925 e. The van der Waals surface area contributed by atoms with Gasteiger partial charge in [0.05, 0.1) is 0 Å². The van der Waals surface area contributed by atoms with Crippen LogP contribution in [-0.2, 0) is 21.7 Å². The van der Waals surface area contributed by atoms with Crippen LogP contribution in [0, 0.1) is 0 Å². The first kappa shape index (κ1) is 83.0. The molecule has 0 aliphatic heterocycles. The molecule has 0 heterocycles. The van der Waals surface area contributed by atoms with Gasteiger partial charge in [0.15, 0.2) is 0 Å². The van der Waals surface area contributed by atoms with Crippen molar-refractivity contribution in [2.45, 2.75) is 105 Å². The second-order valence-corrected chi connectivity index (χ2v) is 41.1. The van der Waals surface area contributed by atoms with Crippen LogP contribution in [0.3, 0.4) is 0 Å². The molecule has 0 amide bonds. The summed E-state index contributed by atoms with van der Waals surface area (Å²) in [5.74, 6) is 0. The van der Waals surface area contributed by atoms with Gasteiger partial charge in [0.2, 0.25) is 0 Å². The van der Waals surface area contributed by atoms with E-state index in [4.69, 9.17) is 0 Å². The molecule has 642 valence electrons. The maximum atomic E-state index is 2.61. The van der Waals surface area contributed by atoms with E-state index in [2.05, 4.69) is 508 Å². The molecule has 0 spiro atoms. The van der Waals surface area contributed by atoms with Gasteiger partial charge in [-0.1, -0.05) is 508 Å². The predicted octanol–water partition coefficient (Wildman–Crippen LogP) is 38.1. The van der Waals surface area contributed by atoms with Crippen molar-refractivity contribution >= 4 is 43.1 Å². The summed E-state index contributed by atoms with van der Waals surface area (Å²) in [6.45, 7) is 28.9. The van der Waals surface area contributed by atoms with Gasteiger partial charge in [-0.25, -0.2) is 0 Å². The molecule has 0 fully saturated rings. The topological polar surface area (TPSA) is 0 Å². The van der Waals surface area contributed by atoms with Crippen LogP contribution < -0.4 is 0 Å². The summed E-state index contributed by atoms with van der Waals surface area (Å²) < 4.78 is 0. The summed E-state index contributed by atoms with van der Waals surface area (Å²) in [6.07, 6.45) is 0. The van der Waals surface area contributed by atoms with Crippen LogP contribution in [0.25, 0.3) is 243 Å². The monoisotopic (exact) mass is 1710 g/mol. The lowest BCUT2D eigenvalue weighted by Gasteiger charge is -2.32. The maximum absolute atomic E-state index is 2.61. The van der Waals surface area contributed by atoms with Crippen molar-refractivity contribution in [3.05, 3.63) is 447 Å². The molecule has 0 N–H and O–H groups in total. The van der Waals surface area contributed by atoms with Gasteiger partial charge in [-0.05, 0) is 287 Å². The predicted molar refractivity (Wildman–Crippen MR) is 576 cm³/mol. The van der Waals surface area contributed by atoms with Gasteiger partial charge >= 0.3 is 0 Å². The average molecular weight is 1720 g/mol. The van der Waals surface area contributed by atoms with E-state index in [1.54, 1.807) is 0 Å². The van der Waals surface area contributed by atoms with Crippen LogP contribution in [0.2, 0.25) is 0 Å². The Balaban J connectivity index is 1.01. The third-order valence-electron chi connectivity index (χ3n) is 28.6. The van der Waals surface area contributed by atoms with Crippen LogP contribution in [0.4, 0.5) is 0 Å². The summed E-state index contributed by atoms with van der Waals surface area (Å²) in [6, 6.07) is 163. The van der Waals surface area contributed by atoms with Gasteiger partial charge in [0.25, 0.3) is 0 Å². The quantitative estimate of drug-likeness (QED) is 0.0952. The summed E-state index contributed by atoms with van der Waals surface area (Å²) in [5, 5.41) is 9.74. The fourth-order valence-electron chi connectivity index (χ4n) is 22.5. The zero-order chi connectivity index (χ0) is 91.2. The van der Waals surface area contributed by atoms with E-state index in [9.17, 15) is 0 Å². The van der Waals surface area contributed by atoms with Crippen molar-refractivity contribution in [3.63, 3.8) is 0 Å². The van der Waals surface area contributed by atoms with E-state index in [0.29, 0.717) is 0 Å². The minimum atomic E-state index is -0.250. The highest BCUT2D eigenvalue weighted by atomic mass is 14.5. The standard InChI is InChI=1S/C134H106/c1-131(2,3)97-77-95(78-98(81-97)132(4,5)6)117-123-103-75-73-101-119-102(74-76-104(120(103)119)124(123)118(96-79-99(133(7,8)9)82-100(80-96)134(10,11)12)128-112(90-63-39-20-40-64-90)108(86-55-31-16-32-56-86)107(85-53-29-15-30-54-85)111(127(117)128)89-61-37-19-38-62-89)122-114(92-67-43-22-44-68-92)130-116(94-71-47-24-48-72-94)126-110(88-59-35-18-36-60-88)106(84-51-27-14-28-52-84)105(83-49-25-13-26-50-83)109(87-57-33-17-34-58-87)125(126)115(93-69-45-23-46-70-93)129(130)113(121(101)122)91-65-41-21-42-66-91/h13-82H,1-12H3. The molecular formula is C134H106. The molecule has 0 unspecified atom stereocenters. The summed E-state index contributed by atoms with van der Waals surface area (Å²) in [5.41, 5.74) is 46.8. The third kappa shape index (κ3) is 13.6. The molecule has 2 aliphatic rings. The molecule has 0 heteroatoms. The van der Waals surface area contributed by atoms with Gasteiger partial charge in [0, 0.05) is 0 Å². The van der Waals surface area contributed by atoms with Crippen LogP contribution in [0.1, 0.15) is 105 Å². The normalized spacial score (nSPS) is 12.3. The molecule has 21 aromatic carbocycles. The highest BCUT2D eigenvalue weighted by molar-refractivity contribution is 6.42. The first-order chi connectivity index (χ1) is 65.2. The molecule has 0 bridgehead atoms. The highest BCUT2D eigenvalue weighted by Crippen LogP contribution is 2.70. The van der Waals surface area contributed by atoms with Gasteiger partial charge in [-0.3, -0.25) is 0 Å². The fraction of sp³-hybridized carbons (Fsp3) is 0.119. The van der Waals surface area contributed by atoms with Gasteiger partial charge in [0.1, 0.15) is 0 Å². The largest absolute Gasteiger partial charge is 0.0622 e. The van der Waals surface area contributed by atoms with Crippen molar-refractivity contribution in [3.8, 4) is 200 Å². The molecule has 21 aromatic rings. The Labute approximate surface area is 789 Å². The summed E-state index contributed by atoms with van der Waals surface area (Å²) >= 11 is 0. The molecule has 0 saturated carbocycles.